The lowest BCUT2D eigenvalue weighted by molar-refractivity contribution is 0.324. The second-order valence-corrected chi connectivity index (χ2v) is 5.59. The standard InChI is InChI=1S/C17H20N2S/c1-4-10-19(11-5-2)12-15-13-20-17(18-15)16-9-7-6-8-14(16)3/h4-9,13H,1-2,10-12H2,3H3. The highest BCUT2D eigenvalue weighted by atomic mass is 32.1. The van der Waals surface area contributed by atoms with Crippen molar-refractivity contribution < 1.29 is 0 Å². The van der Waals surface area contributed by atoms with E-state index in [9.17, 15) is 0 Å². The second-order valence-electron chi connectivity index (χ2n) is 4.73. The van der Waals surface area contributed by atoms with Crippen LogP contribution in [0, 0.1) is 6.92 Å². The molecule has 0 aliphatic carbocycles. The monoisotopic (exact) mass is 284 g/mol. The fourth-order valence-corrected chi connectivity index (χ4v) is 3.01. The van der Waals surface area contributed by atoms with Crippen LogP contribution in [0.3, 0.4) is 0 Å². The van der Waals surface area contributed by atoms with Gasteiger partial charge in [0, 0.05) is 30.6 Å². The highest BCUT2D eigenvalue weighted by Gasteiger charge is 2.09. The molecule has 104 valence electrons. The van der Waals surface area contributed by atoms with Gasteiger partial charge in [-0.15, -0.1) is 24.5 Å². The fraction of sp³-hybridized carbons (Fsp3) is 0.235. The van der Waals surface area contributed by atoms with Gasteiger partial charge in [0.1, 0.15) is 5.01 Å². The molecule has 1 aromatic carbocycles. The molecule has 0 fully saturated rings. The Morgan fingerprint density at radius 3 is 2.55 bits per heavy atom. The van der Waals surface area contributed by atoms with Crippen molar-refractivity contribution in [1.82, 2.24) is 9.88 Å². The number of rotatable bonds is 7. The molecule has 0 spiro atoms. The maximum absolute atomic E-state index is 4.75. The normalized spacial score (nSPS) is 10.7. The highest BCUT2D eigenvalue weighted by molar-refractivity contribution is 7.13. The van der Waals surface area contributed by atoms with Gasteiger partial charge < -0.3 is 0 Å². The van der Waals surface area contributed by atoms with Crippen LogP contribution in [0.2, 0.25) is 0 Å². The average Bonchev–Trinajstić information content (AvgIpc) is 2.88. The van der Waals surface area contributed by atoms with Gasteiger partial charge >= 0.3 is 0 Å². The minimum absolute atomic E-state index is 0.834. The molecule has 2 rings (SSSR count). The molecule has 1 heterocycles. The van der Waals surface area contributed by atoms with Crippen molar-refractivity contribution in [2.45, 2.75) is 13.5 Å². The molecule has 0 bridgehead atoms. The summed E-state index contributed by atoms with van der Waals surface area (Å²) in [6.45, 7) is 12.2. The predicted molar refractivity (Wildman–Crippen MR) is 88.0 cm³/mol. The van der Waals surface area contributed by atoms with Crippen LogP contribution in [0.1, 0.15) is 11.3 Å². The molecule has 0 aliphatic heterocycles. The number of thiazole rings is 1. The van der Waals surface area contributed by atoms with Gasteiger partial charge in [0.05, 0.1) is 5.69 Å². The molecule has 0 N–H and O–H groups in total. The molecule has 20 heavy (non-hydrogen) atoms. The Bertz CT molecular complexity index is 576. The maximum atomic E-state index is 4.75. The predicted octanol–water partition coefficient (Wildman–Crippen LogP) is 4.29. The zero-order valence-electron chi connectivity index (χ0n) is 11.9. The van der Waals surface area contributed by atoms with Crippen LogP contribution < -0.4 is 0 Å². The van der Waals surface area contributed by atoms with E-state index in [1.54, 1.807) is 11.3 Å². The van der Waals surface area contributed by atoms with Crippen LogP contribution in [0.15, 0.2) is 55.0 Å². The van der Waals surface area contributed by atoms with Crippen molar-refractivity contribution in [2.75, 3.05) is 13.1 Å². The van der Waals surface area contributed by atoms with E-state index in [0.717, 1.165) is 30.3 Å². The van der Waals surface area contributed by atoms with Crippen molar-refractivity contribution in [3.63, 3.8) is 0 Å². The molecule has 0 unspecified atom stereocenters. The lowest BCUT2D eigenvalue weighted by Crippen LogP contribution is -2.23. The first kappa shape index (κ1) is 14.7. The quantitative estimate of drug-likeness (QED) is 0.705. The number of hydrogen-bond donors (Lipinski definition) is 0. The number of nitrogens with zero attached hydrogens (tertiary/aromatic N) is 2. The van der Waals surface area contributed by atoms with E-state index in [1.807, 2.05) is 12.2 Å². The summed E-state index contributed by atoms with van der Waals surface area (Å²) in [6, 6.07) is 8.37. The Kier molecular flexibility index (Phi) is 5.27. The SMILES string of the molecule is C=CCN(CC=C)Cc1csc(-c2ccccc2C)n1. The van der Waals surface area contributed by atoms with Gasteiger partial charge in [0.25, 0.3) is 0 Å². The molecular weight excluding hydrogens is 264 g/mol. The summed E-state index contributed by atoms with van der Waals surface area (Å²) < 4.78 is 0. The molecule has 2 aromatic rings. The summed E-state index contributed by atoms with van der Waals surface area (Å²) in [7, 11) is 0. The van der Waals surface area contributed by atoms with Crippen molar-refractivity contribution in [2.24, 2.45) is 0 Å². The van der Waals surface area contributed by atoms with Crippen molar-refractivity contribution >= 4 is 11.3 Å². The first-order valence-corrected chi connectivity index (χ1v) is 7.57. The third-order valence-corrected chi connectivity index (χ3v) is 4.01. The number of benzene rings is 1. The van der Waals surface area contributed by atoms with Crippen LogP contribution in [0.5, 0.6) is 0 Å². The summed E-state index contributed by atoms with van der Waals surface area (Å²) >= 11 is 1.71. The Labute approximate surface area is 125 Å². The minimum Gasteiger partial charge on any atom is -0.290 e. The zero-order chi connectivity index (χ0) is 14.4. The van der Waals surface area contributed by atoms with Gasteiger partial charge in [0.15, 0.2) is 0 Å². The third-order valence-electron chi connectivity index (χ3n) is 3.09. The molecule has 0 saturated heterocycles. The van der Waals surface area contributed by atoms with Crippen molar-refractivity contribution in [3.8, 4) is 10.6 Å². The van der Waals surface area contributed by atoms with E-state index in [0.29, 0.717) is 0 Å². The summed E-state index contributed by atoms with van der Waals surface area (Å²) in [5.41, 5.74) is 3.60. The van der Waals surface area contributed by atoms with E-state index in [2.05, 4.69) is 54.6 Å². The first-order valence-electron chi connectivity index (χ1n) is 6.69. The Hall–Kier alpha value is -1.71. The van der Waals surface area contributed by atoms with Crippen LogP contribution >= 0.6 is 11.3 Å². The second kappa shape index (κ2) is 7.17. The van der Waals surface area contributed by atoms with Gasteiger partial charge in [-0.25, -0.2) is 4.98 Å². The lowest BCUT2D eigenvalue weighted by Gasteiger charge is -2.16. The zero-order valence-corrected chi connectivity index (χ0v) is 12.7. The molecule has 0 atom stereocenters. The minimum atomic E-state index is 0.834. The Balaban J connectivity index is 2.14. The summed E-state index contributed by atoms with van der Waals surface area (Å²) in [6.07, 6.45) is 3.83. The van der Waals surface area contributed by atoms with Crippen LogP contribution in [-0.4, -0.2) is 23.0 Å². The number of aromatic nitrogens is 1. The first-order chi connectivity index (χ1) is 9.74. The van der Waals surface area contributed by atoms with Gasteiger partial charge in [0.2, 0.25) is 0 Å². The van der Waals surface area contributed by atoms with Crippen LogP contribution in [0.25, 0.3) is 10.6 Å². The molecule has 0 radical (unpaired) electrons. The van der Waals surface area contributed by atoms with E-state index in [4.69, 9.17) is 4.98 Å². The highest BCUT2D eigenvalue weighted by Crippen LogP contribution is 2.26. The number of hydrogen-bond acceptors (Lipinski definition) is 3. The molecular formula is C17H20N2S. The average molecular weight is 284 g/mol. The lowest BCUT2D eigenvalue weighted by atomic mass is 10.1. The van der Waals surface area contributed by atoms with Gasteiger partial charge in [-0.2, -0.15) is 0 Å². The van der Waals surface area contributed by atoms with Gasteiger partial charge in [-0.1, -0.05) is 36.4 Å². The third kappa shape index (κ3) is 3.65. The smallest absolute Gasteiger partial charge is 0.123 e. The Morgan fingerprint density at radius 1 is 1.20 bits per heavy atom. The van der Waals surface area contributed by atoms with Crippen LogP contribution in [-0.2, 0) is 6.54 Å². The fourth-order valence-electron chi connectivity index (χ4n) is 2.11. The molecule has 0 aliphatic rings. The Morgan fingerprint density at radius 2 is 1.90 bits per heavy atom. The topological polar surface area (TPSA) is 16.1 Å². The molecule has 1 aromatic heterocycles. The molecule has 0 saturated carbocycles. The summed E-state index contributed by atoms with van der Waals surface area (Å²) in [5.74, 6) is 0. The van der Waals surface area contributed by atoms with Crippen molar-refractivity contribution in [1.29, 1.82) is 0 Å². The van der Waals surface area contributed by atoms with Crippen LogP contribution in [0.4, 0.5) is 0 Å². The van der Waals surface area contributed by atoms with Crippen molar-refractivity contribution in [3.05, 3.63) is 66.2 Å². The number of aryl methyl sites for hydroxylation is 1. The van der Waals surface area contributed by atoms with E-state index in [-0.39, 0.29) is 0 Å². The summed E-state index contributed by atoms with van der Waals surface area (Å²) in [5, 5.41) is 3.23. The molecule has 2 nitrogen and oxygen atoms in total. The molecule has 0 amide bonds. The molecule has 3 heteroatoms. The largest absolute Gasteiger partial charge is 0.290 e. The van der Waals surface area contributed by atoms with Gasteiger partial charge in [-0.3, -0.25) is 4.90 Å². The van der Waals surface area contributed by atoms with E-state index < -0.39 is 0 Å². The maximum Gasteiger partial charge on any atom is 0.123 e. The van der Waals surface area contributed by atoms with Gasteiger partial charge in [-0.05, 0) is 12.5 Å². The van der Waals surface area contributed by atoms with E-state index in [1.165, 1.54) is 11.1 Å². The summed E-state index contributed by atoms with van der Waals surface area (Å²) in [4.78, 5) is 7.01. The van der Waals surface area contributed by atoms with E-state index >= 15 is 0 Å².